The Morgan fingerprint density at radius 1 is 1.48 bits per heavy atom. The third-order valence-corrected chi connectivity index (χ3v) is 6.22. The third-order valence-electron chi connectivity index (χ3n) is 3.72. The number of carbonyl (C=O) groups excluding carboxylic acids is 1. The van der Waals surface area contributed by atoms with Gasteiger partial charge in [-0.15, -0.1) is 0 Å². The van der Waals surface area contributed by atoms with Crippen LogP contribution in [-0.4, -0.2) is 21.4 Å². The minimum Gasteiger partial charge on any atom is -0.302 e. The fourth-order valence-corrected chi connectivity index (χ4v) is 4.28. The Hall–Kier alpha value is -1.57. The molecule has 4 nitrogen and oxygen atoms in total. The van der Waals surface area contributed by atoms with Crippen LogP contribution >= 0.6 is 34.5 Å². The van der Waals surface area contributed by atoms with Gasteiger partial charge in [-0.1, -0.05) is 29.0 Å². The zero-order valence-electron chi connectivity index (χ0n) is 12.0. The van der Waals surface area contributed by atoms with Crippen LogP contribution in [0.1, 0.15) is 12.1 Å². The third kappa shape index (κ3) is 2.73. The molecule has 8 heteroatoms. The van der Waals surface area contributed by atoms with E-state index in [-0.39, 0.29) is 5.91 Å². The number of fused-ring (bicyclic) bond motifs is 1. The Morgan fingerprint density at radius 2 is 2.26 bits per heavy atom. The highest BCUT2D eigenvalue weighted by atomic mass is 35.5. The predicted octanol–water partition coefficient (Wildman–Crippen LogP) is 4.68. The number of carbonyl (C=O) groups is 1. The highest BCUT2D eigenvalue weighted by Crippen LogP contribution is 2.38. The maximum absolute atomic E-state index is 12.9. The van der Waals surface area contributed by atoms with Gasteiger partial charge < -0.3 is 5.32 Å². The Kier molecular flexibility index (Phi) is 3.59. The summed E-state index contributed by atoms with van der Waals surface area (Å²) < 4.78 is 18.1. The van der Waals surface area contributed by atoms with Crippen molar-refractivity contribution >= 4 is 55.7 Å². The van der Waals surface area contributed by atoms with Gasteiger partial charge in [-0.05, 0) is 42.6 Å². The molecule has 1 aliphatic carbocycles. The van der Waals surface area contributed by atoms with Crippen LogP contribution < -0.4 is 5.32 Å². The van der Waals surface area contributed by atoms with E-state index in [9.17, 15) is 9.18 Å². The molecule has 0 bridgehead atoms. The molecule has 1 fully saturated rings. The van der Waals surface area contributed by atoms with Crippen molar-refractivity contribution in [3.8, 4) is 10.4 Å². The molecule has 0 aliphatic heterocycles. The largest absolute Gasteiger partial charge is 0.302 e. The molecule has 1 aromatic carbocycles. The van der Waals surface area contributed by atoms with E-state index in [4.69, 9.17) is 11.6 Å². The van der Waals surface area contributed by atoms with Gasteiger partial charge in [-0.25, -0.2) is 9.37 Å². The number of nitrogens with one attached hydrogen (secondary N) is 1. The van der Waals surface area contributed by atoms with Crippen LogP contribution in [0.15, 0.2) is 18.2 Å². The molecular formula is C15H11ClFN3OS2. The lowest BCUT2D eigenvalue weighted by Gasteiger charge is -1.97. The summed E-state index contributed by atoms with van der Waals surface area (Å²) in [5.41, 5.74) is 2.58. The molecule has 2 heterocycles. The summed E-state index contributed by atoms with van der Waals surface area (Å²) >= 11 is 8.99. The van der Waals surface area contributed by atoms with Crippen molar-refractivity contribution < 1.29 is 9.18 Å². The number of hydrogen-bond acceptors (Lipinski definition) is 5. The summed E-state index contributed by atoms with van der Waals surface area (Å²) in [6.45, 7) is 1.87. The van der Waals surface area contributed by atoms with E-state index in [0.717, 1.165) is 26.4 Å². The van der Waals surface area contributed by atoms with Gasteiger partial charge in [0.15, 0.2) is 5.13 Å². The summed E-state index contributed by atoms with van der Waals surface area (Å²) in [6, 6.07) is 5.80. The molecule has 4 rings (SSSR count). The molecule has 1 N–H and O–H groups in total. The maximum atomic E-state index is 12.9. The zero-order chi connectivity index (χ0) is 16.1. The molecule has 2 atom stereocenters. The number of anilines is 1. The summed E-state index contributed by atoms with van der Waals surface area (Å²) in [5.74, 6) is -0.811. The first kappa shape index (κ1) is 15.0. The number of hydrogen-bond donors (Lipinski definition) is 1. The van der Waals surface area contributed by atoms with E-state index in [1.807, 2.05) is 25.1 Å². The van der Waals surface area contributed by atoms with Gasteiger partial charge in [-0.3, -0.25) is 4.79 Å². The molecule has 1 saturated carbocycles. The minimum atomic E-state index is -1.01. The van der Waals surface area contributed by atoms with Gasteiger partial charge in [0, 0.05) is 0 Å². The lowest BCUT2D eigenvalue weighted by Crippen LogP contribution is -2.14. The monoisotopic (exact) mass is 367 g/mol. The van der Waals surface area contributed by atoms with E-state index in [1.165, 1.54) is 22.9 Å². The Balaban J connectivity index is 1.64. The quantitative estimate of drug-likeness (QED) is 0.731. The van der Waals surface area contributed by atoms with E-state index in [0.29, 0.717) is 16.6 Å². The number of rotatable bonds is 3. The van der Waals surface area contributed by atoms with Crippen LogP contribution in [0.5, 0.6) is 0 Å². The average Bonchev–Trinajstić information content (AvgIpc) is 2.98. The van der Waals surface area contributed by atoms with Crippen LogP contribution in [0, 0.1) is 12.8 Å². The molecule has 3 aromatic rings. The lowest BCUT2D eigenvalue weighted by atomic mass is 10.2. The van der Waals surface area contributed by atoms with Crippen LogP contribution in [-0.2, 0) is 4.79 Å². The van der Waals surface area contributed by atoms with Crippen molar-refractivity contribution in [1.82, 2.24) is 9.36 Å². The van der Waals surface area contributed by atoms with E-state index in [2.05, 4.69) is 14.7 Å². The molecule has 1 aliphatic rings. The van der Waals surface area contributed by atoms with Crippen LogP contribution in [0.4, 0.5) is 9.52 Å². The van der Waals surface area contributed by atoms with Gasteiger partial charge in [0.2, 0.25) is 5.91 Å². The SMILES string of the molecule is Cc1nsc(-c2ccc3nc(NC(=O)[C@@H]4C[C@@H]4F)sc3c2)c1Cl. The van der Waals surface area contributed by atoms with Crippen molar-refractivity contribution in [3.63, 3.8) is 0 Å². The molecule has 0 saturated heterocycles. The standard InChI is InChI=1S/C15H11ClFN3OS2/c1-6-12(16)13(23-20-6)7-2-3-10-11(4-7)22-15(18-10)19-14(21)8-5-9(8)17/h2-4,8-9H,5H2,1H3,(H,18,19,21)/t8-,9+/m1/s1. The Labute approximate surface area is 144 Å². The molecule has 118 valence electrons. The number of halogens is 2. The van der Waals surface area contributed by atoms with Crippen molar-refractivity contribution in [2.75, 3.05) is 5.32 Å². The van der Waals surface area contributed by atoms with Crippen LogP contribution in [0.3, 0.4) is 0 Å². The number of benzene rings is 1. The van der Waals surface area contributed by atoms with Gasteiger partial charge >= 0.3 is 0 Å². The van der Waals surface area contributed by atoms with Gasteiger partial charge in [0.25, 0.3) is 0 Å². The number of alkyl halides is 1. The fraction of sp³-hybridized carbons (Fsp3) is 0.267. The molecular weight excluding hydrogens is 357 g/mol. The molecule has 1 amide bonds. The molecule has 23 heavy (non-hydrogen) atoms. The molecule has 0 unspecified atom stereocenters. The van der Waals surface area contributed by atoms with E-state index < -0.39 is 12.1 Å². The normalized spacial score (nSPS) is 20.0. The second-order valence-corrected chi connectivity index (χ2v) is 7.64. The van der Waals surface area contributed by atoms with Gasteiger partial charge in [0.05, 0.1) is 31.7 Å². The highest BCUT2D eigenvalue weighted by molar-refractivity contribution is 7.22. The second-order valence-electron chi connectivity index (χ2n) is 5.46. The van der Waals surface area contributed by atoms with E-state index >= 15 is 0 Å². The highest BCUT2D eigenvalue weighted by Gasteiger charge is 2.43. The summed E-state index contributed by atoms with van der Waals surface area (Å²) in [4.78, 5) is 17.1. The minimum absolute atomic E-state index is 0.294. The number of aryl methyl sites for hydroxylation is 1. The van der Waals surface area contributed by atoms with Crippen molar-refractivity contribution in [1.29, 1.82) is 0 Å². The summed E-state index contributed by atoms with van der Waals surface area (Å²) in [7, 11) is 0. The van der Waals surface area contributed by atoms with Crippen molar-refractivity contribution in [2.45, 2.75) is 19.5 Å². The fourth-order valence-electron chi connectivity index (χ4n) is 2.29. The molecule has 0 spiro atoms. The zero-order valence-corrected chi connectivity index (χ0v) is 14.4. The van der Waals surface area contributed by atoms with Crippen molar-refractivity contribution in [2.24, 2.45) is 5.92 Å². The smallest absolute Gasteiger partial charge is 0.232 e. The van der Waals surface area contributed by atoms with Crippen LogP contribution in [0.2, 0.25) is 5.02 Å². The van der Waals surface area contributed by atoms with Crippen molar-refractivity contribution in [3.05, 3.63) is 28.9 Å². The second kappa shape index (κ2) is 5.51. The molecule has 2 aromatic heterocycles. The number of aromatic nitrogens is 2. The Bertz CT molecular complexity index is 923. The molecule has 0 radical (unpaired) electrons. The van der Waals surface area contributed by atoms with E-state index in [1.54, 1.807) is 0 Å². The maximum Gasteiger partial charge on any atom is 0.232 e. The summed E-state index contributed by atoms with van der Waals surface area (Å²) in [6.07, 6.45) is -0.697. The summed E-state index contributed by atoms with van der Waals surface area (Å²) in [5, 5.41) is 3.85. The number of nitrogens with zero attached hydrogens (tertiary/aromatic N) is 2. The number of amides is 1. The average molecular weight is 368 g/mol. The first-order chi connectivity index (χ1) is 11.0. The first-order valence-electron chi connectivity index (χ1n) is 7.00. The topological polar surface area (TPSA) is 54.9 Å². The van der Waals surface area contributed by atoms with Gasteiger partial charge in [-0.2, -0.15) is 4.37 Å². The number of thiazole rings is 1. The lowest BCUT2D eigenvalue weighted by molar-refractivity contribution is -0.117. The van der Waals surface area contributed by atoms with Crippen LogP contribution in [0.25, 0.3) is 20.7 Å². The first-order valence-corrected chi connectivity index (χ1v) is 8.97. The predicted molar refractivity (Wildman–Crippen MR) is 92.1 cm³/mol. The van der Waals surface area contributed by atoms with Gasteiger partial charge in [0.1, 0.15) is 6.17 Å². The Morgan fingerprint density at radius 3 is 2.91 bits per heavy atom.